The first-order valence-electron chi connectivity index (χ1n) is 10.2. The first-order chi connectivity index (χ1) is 12.7. The molecule has 27 heavy (non-hydrogen) atoms. The normalized spacial score (nSPS) is 20.1. The molecule has 1 heterocycles. The molecule has 5 heteroatoms. The van der Waals surface area contributed by atoms with Gasteiger partial charge in [-0.15, -0.1) is 0 Å². The van der Waals surface area contributed by atoms with Crippen molar-refractivity contribution in [2.24, 2.45) is 5.92 Å². The number of benzene rings is 1. The minimum Gasteiger partial charge on any atom is -0.353 e. The summed E-state index contributed by atoms with van der Waals surface area (Å²) in [6.07, 6.45) is 3.91. The van der Waals surface area contributed by atoms with Gasteiger partial charge in [0.15, 0.2) is 0 Å². The molecule has 1 atom stereocenters. The zero-order valence-electron chi connectivity index (χ0n) is 17.0. The van der Waals surface area contributed by atoms with Crippen LogP contribution >= 0.6 is 0 Å². The molecule has 1 aliphatic heterocycles. The van der Waals surface area contributed by atoms with Crippen LogP contribution in [-0.4, -0.2) is 41.9 Å². The second-order valence-corrected chi connectivity index (χ2v) is 9.09. The molecular formula is C22H33N3O2. The van der Waals surface area contributed by atoms with Crippen LogP contribution in [0.25, 0.3) is 0 Å². The van der Waals surface area contributed by atoms with E-state index in [4.69, 9.17) is 0 Å². The predicted molar refractivity (Wildman–Crippen MR) is 109 cm³/mol. The fourth-order valence-electron chi connectivity index (χ4n) is 3.56. The van der Waals surface area contributed by atoms with Crippen LogP contribution in [-0.2, 0) is 15.0 Å². The van der Waals surface area contributed by atoms with Crippen molar-refractivity contribution in [1.82, 2.24) is 10.2 Å². The third kappa shape index (κ3) is 5.32. The number of piperidine rings is 1. The second kappa shape index (κ2) is 8.01. The fraction of sp³-hybridized carbons (Fsp3) is 0.636. The average molecular weight is 372 g/mol. The number of carbonyl (C=O) groups excluding carboxylic acids is 2. The lowest BCUT2D eigenvalue weighted by molar-refractivity contribution is -0.124. The lowest BCUT2D eigenvalue weighted by atomic mass is 9.87. The molecule has 1 aromatic carbocycles. The van der Waals surface area contributed by atoms with E-state index in [1.165, 1.54) is 5.56 Å². The number of nitrogens with one attached hydrogen (secondary N) is 2. The molecule has 1 saturated heterocycles. The van der Waals surface area contributed by atoms with Gasteiger partial charge in [0.2, 0.25) is 11.8 Å². The number of hydrogen-bond acceptors (Lipinski definition) is 3. The molecule has 2 fully saturated rings. The van der Waals surface area contributed by atoms with Crippen LogP contribution in [0.5, 0.6) is 0 Å². The van der Waals surface area contributed by atoms with Crippen molar-refractivity contribution in [2.45, 2.75) is 70.9 Å². The van der Waals surface area contributed by atoms with Crippen LogP contribution in [0.3, 0.4) is 0 Å². The number of hydrogen-bond donors (Lipinski definition) is 2. The SMILES string of the molecule is CC(C(=O)Nc1ccc(C(C)(C)C)cc1)N1CCC(NC(=O)C2CC2)CC1. The Morgan fingerprint density at radius 1 is 1.04 bits per heavy atom. The number of amides is 2. The summed E-state index contributed by atoms with van der Waals surface area (Å²) in [5, 5.41) is 6.19. The molecule has 0 spiro atoms. The summed E-state index contributed by atoms with van der Waals surface area (Å²) >= 11 is 0. The van der Waals surface area contributed by atoms with Crippen molar-refractivity contribution in [3.8, 4) is 0 Å². The van der Waals surface area contributed by atoms with Crippen LogP contribution in [0.1, 0.15) is 58.9 Å². The average Bonchev–Trinajstić information content (AvgIpc) is 3.46. The monoisotopic (exact) mass is 371 g/mol. The molecule has 148 valence electrons. The molecule has 0 bridgehead atoms. The first kappa shape index (κ1) is 19.9. The smallest absolute Gasteiger partial charge is 0.241 e. The third-order valence-corrected chi connectivity index (χ3v) is 5.77. The van der Waals surface area contributed by atoms with E-state index in [-0.39, 0.29) is 35.2 Å². The van der Waals surface area contributed by atoms with Gasteiger partial charge in [0, 0.05) is 30.7 Å². The van der Waals surface area contributed by atoms with Gasteiger partial charge in [-0.1, -0.05) is 32.9 Å². The predicted octanol–water partition coefficient (Wildman–Crippen LogP) is 3.30. The van der Waals surface area contributed by atoms with E-state index in [2.05, 4.69) is 48.4 Å². The Morgan fingerprint density at radius 2 is 1.63 bits per heavy atom. The highest BCUT2D eigenvalue weighted by Crippen LogP contribution is 2.29. The lowest BCUT2D eigenvalue weighted by Gasteiger charge is -2.35. The zero-order valence-corrected chi connectivity index (χ0v) is 17.0. The summed E-state index contributed by atoms with van der Waals surface area (Å²) < 4.78 is 0. The topological polar surface area (TPSA) is 61.4 Å². The Hall–Kier alpha value is -1.88. The Bertz CT molecular complexity index is 666. The lowest BCUT2D eigenvalue weighted by Crippen LogP contribution is -2.50. The van der Waals surface area contributed by atoms with Crippen molar-refractivity contribution < 1.29 is 9.59 Å². The molecule has 3 rings (SSSR count). The highest BCUT2D eigenvalue weighted by molar-refractivity contribution is 5.94. The largest absolute Gasteiger partial charge is 0.353 e. The van der Waals surface area contributed by atoms with Crippen molar-refractivity contribution in [3.63, 3.8) is 0 Å². The van der Waals surface area contributed by atoms with E-state index in [9.17, 15) is 9.59 Å². The molecule has 0 aromatic heterocycles. The van der Waals surface area contributed by atoms with Gasteiger partial charge in [-0.25, -0.2) is 0 Å². The van der Waals surface area contributed by atoms with Crippen LogP contribution in [0.2, 0.25) is 0 Å². The zero-order chi connectivity index (χ0) is 19.6. The van der Waals surface area contributed by atoms with Gasteiger partial charge in [0.1, 0.15) is 0 Å². The van der Waals surface area contributed by atoms with E-state index >= 15 is 0 Å². The molecule has 1 aromatic rings. The molecule has 2 N–H and O–H groups in total. The number of likely N-dealkylation sites (tertiary alicyclic amines) is 1. The highest BCUT2D eigenvalue weighted by atomic mass is 16.2. The first-order valence-corrected chi connectivity index (χ1v) is 10.2. The maximum Gasteiger partial charge on any atom is 0.241 e. The third-order valence-electron chi connectivity index (χ3n) is 5.77. The minimum atomic E-state index is -0.174. The molecule has 1 aliphatic carbocycles. The summed E-state index contributed by atoms with van der Waals surface area (Å²) in [6.45, 7) is 10.2. The van der Waals surface area contributed by atoms with E-state index in [1.54, 1.807) is 0 Å². The van der Waals surface area contributed by atoms with Gasteiger partial charge >= 0.3 is 0 Å². The summed E-state index contributed by atoms with van der Waals surface area (Å²) in [5.41, 5.74) is 2.20. The van der Waals surface area contributed by atoms with Crippen molar-refractivity contribution >= 4 is 17.5 Å². The molecule has 5 nitrogen and oxygen atoms in total. The van der Waals surface area contributed by atoms with E-state index in [1.807, 2.05) is 19.1 Å². The van der Waals surface area contributed by atoms with Crippen LogP contribution in [0.15, 0.2) is 24.3 Å². The summed E-state index contributed by atoms with van der Waals surface area (Å²) in [7, 11) is 0. The quantitative estimate of drug-likeness (QED) is 0.835. The van der Waals surface area contributed by atoms with Crippen molar-refractivity contribution in [3.05, 3.63) is 29.8 Å². The van der Waals surface area contributed by atoms with Crippen LogP contribution < -0.4 is 10.6 Å². The number of carbonyl (C=O) groups is 2. The van der Waals surface area contributed by atoms with Gasteiger partial charge in [0.05, 0.1) is 6.04 Å². The Balaban J connectivity index is 1.47. The Kier molecular flexibility index (Phi) is 5.89. The summed E-state index contributed by atoms with van der Waals surface area (Å²) in [6, 6.07) is 8.19. The van der Waals surface area contributed by atoms with Gasteiger partial charge in [-0.2, -0.15) is 0 Å². The highest BCUT2D eigenvalue weighted by Gasteiger charge is 2.33. The van der Waals surface area contributed by atoms with E-state index in [0.717, 1.165) is 44.5 Å². The van der Waals surface area contributed by atoms with Crippen molar-refractivity contribution in [2.75, 3.05) is 18.4 Å². The standard InChI is InChI=1S/C22H33N3O2/c1-15(20(26)23-18-9-7-17(8-10-18)22(2,3)4)25-13-11-19(12-14-25)24-21(27)16-5-6-16/h7-10,15-16,19H,5-6,11-14H2,1-4H3,(H,23,26)(H,24,27). The van der Waals surface area contributed by atoms with Crippen LogP contribution in [0.4, 0.5) is 5.69 Å². The van der Waals surface area contributed by atoms with E-state index < -0.39 is 0 Å². The molecular weight excluding hydrogens is 338 g/mol. The van der Waals surface area contributed by atoms with Crippen molar-refractivity contribution in [1.29, 1.82) is 0 Å². The maximum atomic E-state index is 12.6. The Labute approximate surface area is 162 Å². The molecule has 2 aliphatic rings. The summed E-state index contributed by atoms with van der Waals surface area (Å²) in [4.78, 5) is 26.7. The van der Waals surface area contributed by atoms with Crippen LogP contribution in [0, 0.1) is 5.92 Å². The van der Waals surface area contributed by atoms with Gasteiger partial charge in [-0.3, -0.25) is 14.5 Å². The van der Waals surface area contributed by atoms with Gasteiger partial charge < -0.3 is 10.6 Å². The number of nitrogens with zero attached hydrogens (tertiary/aromatic N) is 1. The molecule has 2 amide bonds. The second-order valence-electron chi connectivity index (χ2n) is 9.09. The maximum absolute atomic E-state index is 12.6. The van der Waals surface area contributed by atoms with Gasteiger partial charge in [0.25, 0.3) is 0 Å². The van der Waals surface area contributed by atoms with Gasteiger partial charge in [-0.05, 0) is 55.7 Å². The summed E-state index contributed by atoms with van der Waals surface area (Å²) in [5.74, 6) is 0.509. The van der Waals surface area contributed by atoms with E-state index in [0.29, 0.717) is 0 Å². The molecule has 1 unspecified atom stereocenters. The Morgan fingerprint density at radius 3 is 2.15 bits per heavy atom. The molecule has 0 radical (unpaired) electrons. The number of anilines is 1. The minimum absolute atomic E-state index is 0.0268. The number of rotatable bonds is 5. The molecule has 1 saturated carbocycles. The fourth-order valence-corrected chi connectivity index (χ4v) is 3.56.